The van der Waals surface area contributed by atoms with E-state index in [1.54, 1.807) is 17.8 Å². The third-order valence-electron chi connectivity index (χ3n) is 3.71. The average Bonchev–Trinajstić information content (AvgIpc) is 2.57. The zero-order valence-corrected chi connectivity index (χ0v) is 16.1. The van der Waals surface area contributed by atoms with E-state index in [1.165, 1.54) is 5.56 Å². The van der Waals surface area contributed by atoms with Crippen molar-refractivity contribution in [2.24, 2.45) is 0 Å². The number of carbonyl (C=O) groups excluding carboxylic acids is 1. The van der Waals surface area contributed by atoms with Crippen molar-refractivity contribution >= 4 is 40.9 Å². The molecule has 0 bridgehead atoms. The zero-order valence-electron chi connectivity index (χ0n) is 13.8. The van der Waals surface area contributed by atoms with Crippen LogP contribution < -0.4 is 5.32 Å². The summed E-state index contributed by atoms with van der Waals surface area (Å²) in [5.74, 6) is 1.20. The molecule has 2 rings (SSSR count). The van der Waals surface area contributed by atoms with Crippen molar-refractivity contribution in [3.63, 3.8) is 0 Å². The Morgan fingerprint density at radius 1 is 1.12 bits per heavy atom. The summed E-state index contributed by atoms with van der Waals surface area (Å²) in [5, 5.41) is 4.20. The lowest BCUT2D eigenvalue weighted by atomic mass is 10.0. The van der Waals surface area contributed by atoms with Gasteiger partial charge >= 0.3 is 0 Å². The van der Waals surface area contributed by atoms with E-state index in [4.69, 9.17) is 23.2 Å². The van der Waals surface area contributed by atoms with Crippen molar-refractivity contribution in [1.82, 2.24) is 5.32 Å². The molecular formula is C19H21Cl2NOS. The summed E-state index contributed by atoms with van der Waals surface area (Å²) < 4.78 is 0. The maximum atomic E-state index is 12.2. The first kappa shape index (κ1) is 19.2. The second-order valence-corrected chi connectivity index (χ2v) is 7.48. The Kier molecular flexibility index (Phi) is 7.47. The highest BCUT2D eigenvalue weighted by Crippen LogP contribution is 2.25. The average molecular weight is 382 g/mol. The minimum atomic E-state index is 0.0486. The molecule has 0 spiro atoms. The van der Waals surface area contributed by atoms with E-state index in [-0.39, 0.29) is 11.9 Å². The summed E-state index contributed by atoms with van der Waals surface area (Å²) in [7, 11) is 0. The number of nitrogens with one attached hydrogen (secondary N) is 1. The van der Waals surface area contributed by atoms with Gasteiger partial charge in [-0.05, 0) is 36.6 Å². The van der Waals surface area contributed by atoms with Crippen molar-refractivity contribution in [2.75, 3.05) is 5.75 Å². The smallest absolute Gasteiger partial charge is 0.230 e. The topological polar surface area (TPSA) is 29.1 Å². The van der Waals surface area contributed by atoms with Crippen LogP contribution in [0, 0.1) is 6.92 Å². The van der Waals surface area contributed by atoms with Gasteiger partial charge in [-0.15, -0.1) is 11.8 Å². The lowest BCUT2D eigenvalue weighted by Gasteiger charge is -2.17. The molecule has 0 saturated heterocycles. The standard InChI is InChI=1S/C19H21Cl2NOS/c1-3-18(15-7-4-13(2)5-8-15)22-19(23)12-24-11-14-6-9-16(20)17(21)10-14/h4-10,18H,3,11-12H2,1-2H3,(H,22,23)/t18-/m0/s1. The molecule has 0 aliphatic rings. The first-order valence-corrected chi connectivity index (χ1v) is 9.78. The predicted molar refractivity (Wildman–Crippen MR) is 105 cm³/mol. The molecule has 0 unspecified atom stereocenters. The Hall–Kier alpha value is -1.16. The van der Waals surface area contributed by atoms with E-state index in [0.29, 0.717) is 15.8 Å². The second-order valence-electron chi connectivity index (χ2n) is 5.68. The Labute approximate surface area is 157 Å². The number of aryl methyl sites for hydroxylation is 1. The van der Waals surface area contributed by atoms with Crippen LogP contribution in [0.3, 0.4) is 0 Å². The van der Waals surface area contributed by atoms with E-state index in [1.807, 2.05) is 12.1 Å². The molecule has 0 aliphatic heterocycles. The molecule has 2 aromatic rings. The largest absolute Gasteiger partial charge is 0.349 e. The molecule has 2 aromatic carbocycles. The molecule has 1 atom stereocenters. The Morgan fingerprint density at radius 3 is 2.46 bits per heavy atom. The number of thioether (sulfide) groups is 1. The van der Waals surface area contributed by atoms with Gasteiger partial charge in [0.25, 0.3) is 0 Å². The van der Waals surface area contributed by atoms with Crippen LogP contribution in [0.25, 0.3) is 0 Å². The third-order valence-corrected chi connectivity index (χ3v) is 5.45. The zero-order chi connectivity index (χ0) is 17.5. The van der Waals surface area contributed by atoms with Gasteiger partial charge in [-0.1, -0.05) is 66.0 Å². The van der Waals surface area contributed by atoms with Crippen LogP contribution in [-0.2, 0) is 10.5 Å². The highest BCUT2D eigenvalue weighted by atomic mass is 35.5. The van der Waals surface area contributed by atoms with Gasteiger partial charge < -0.3 is 5.32 Å². The van der Waals surface area contributed by atoms with Gasteiger partial charge in [-0.2, -0.15) is 0 Å². The van der Waals surface area contributed by atoms with Gasteiger partial charge in [-0.3, -0.25) is 4.79 Å². The highest BCUT2D eigenvalue weighted by molar-refractivity contribution is 7.99. The number of carbonyl (C=O) groups is 1. The van der Waals surface area contributed by atoms with E-state index in [9.17, 15) is 4.79 Å². The minimum absolute atomic E-state index is 0.0486. The summed E-state index contributed by atoms with van der Waals surface area (Å²) in [6.07, 6.45) is 0.867. The first-order valence-electron chi connectivity index (χ1n) is 7.87. The van der Waals surface area contributed by atoms with Crippen LogP contribution in [0.1, 0.15) is 36.1 Å². The number of rotatable bonds is 7. The fourth-order valence-corrected chi connectivity index (χ4v) is 3.45. The molecule has 24 heavy (non-hydrogen) atoms. The molecule has 128 valence electrons. The van der Waals surface area contributed by atoms with Crippen molar-refractivity contribution in [3.8, 4) is 0 Å². The van der Waals surface area contributed by atoms with Crippen LogP contribution in [0.15, 0.2) is 42.5 Å². The number of hydrogen-bond acceptors (Lipinski definition) is 2. The molecule has 1 N–H and O–H groups in total. The first-order chi connectivity index (χ1) is 11.5. The van der Waals surface area contributed by atoms with E-state index < -0.39 is 0 Å². The number of amides is 1. The van der Waals surface area contributed by atoms with Gasteiger partial charge in [0.05, 0.1) is 21.8 Å². The van der Waals surface area contributed by atoms with E-state index in [2.05, 4.69) is 43.4 Å². The normalized spacial score (nSPS) is 12.0. The van der Waals surface area contributed by atoms with Crippen LogP contribution in [0.2, 0.25) is 10.0 Å². The highest BCUT2D eigenvalue weighted by Gasteiger charge is 2.12. The molecule has 0 aromatic heterocycles. The molecule has 0 heterocycles. The summed E-state index contributed by atoms with van der Waals surface area (Å²) >= 11 is 13.5. The SMILES string of the molecule is CC[C@H](NC(=O)CSCc1ccc(Cl)c(Cl)c1)c1ccc(C)cc1. The van der Waals surface area contributed by atoms with Gasteiger partial charge in [-0.25, -0.2) is 0 Å². The van der Waals surface area contributed by atoms with E-state index in [0.717, 1.165) is 23.3 Å². The molecule has 5 heteroatoms. The quantitative estimate of drug-likeness (QED) is 0.655. The van der Waals surface area contributed by atoms with Crippen LogP contribution in [0.5, 0.6) is 0 Å². The summed E-state index contributed by atoms with van der Waals surface area (Å²) in [5.41, 5.74) is 3.43. The second kappa shape index (κ2) is 9.36. The predicted octanol–water partition coefficient (Wildman–Crippen LogP) is 5.80. The Balaban J connectivity index is 1.83. The van der Waals surface area contributed by atoms with E-state index >= 15 is 0 Å². The Bertz CT molecular complexity index is 688. The van der Waals surface area contributed by atoms with Gasteiger partial charge in [0.15, 0.2) is 0 Å². The summed E-state index contributed by atoms with van der Waals surface area (Å²) in [4.78, 5) is 12.2. The number of hydrogen-bond donors (Lipinski definition) is 1. The van der Waals surface area contributed by atoms with Crippen molar-refractivity contribution < 1.29 is 4.79 Å². The molecule has 0 aliphatic carbocycles. The third kappa shape index (κ3) is 5.73. The van der Waals surface area contributed by atoms with Crippen molar-refractivity contribution in [3.05, 3.63) is 69.2 Å². The maximum absolute atomic E-state index is 12.2. The molecule has 0 saturated carbocycles. The maximum Gasteiger partial charge on any atom is 0.230 e. The van der Waals surface area contributed by atoms with Crippen molar-refractivity contribution in [1.29, 1.82) is 0 Å². The summed E-state index contributed by atoms with van der Waals surface area (Å²) in [6.45, 7) is 4.14. The Morgan fingerprint density at radius 2 is 1.83 bits per heavy atom. The van der Waals surface area contributed by atoms with Crippen LogP contribution in [-0.4, -0.2) is 11.7 Å². The van der Waals surface area contributed by atoms with Gasteiger partial charge in [0.2, 0.25) is 5.91 Å². The molecule has 2 nitrogen and oxygen atoms in total. The van der Waals surface area contributed by atoms with Crippen LogP contribution in [0.4, 0.5) is 0 Å². The minimum Gasteiger partial charge on any atom is -0.349 e. The molecular weight excluding hydrogens is 361 g/mol. The fraction of sp³-hybridized carbons (Fsp3) is 0.316. The molecule has 1 amide bonds. The van der Waals surface area contributed by atoms with Gasteiger partial charge in [0.1, 0.15) is 0 Å². The monoisotopic (exact) mass is 381 g/mol. The van der Waals surface area contributed by atoms with Crippen molar-refractivity contribution in [2.45, 2.75) is 32.1 Å². The molecule has 0 fully saturated rings. The van der Waals surface area contributed by atoms with Crippen LogP contribution >= 0.6 is 35.0 Å². The lowest BCUT2D eigenvalue weighted by Crippen LogP contribution is -2.29. The van der Waals surface area contributed by atoms with Gasteiger partial charge in [0, 0.05) is 5.75 Å². The number of benzene rings is 2. The summed E-state index contributed by atoms with van der Waals surface area (Å²) in [6, 6.07) is 13.9. The lowest BCUT2D eigenvalue weighted by molar-refractivity contribution is -0.119. The number of halogens is 2. The molecule has 0 radical (unpaired) electrons. The fourth-order valence-electron chi connectivity index (χ4n) is 2.35.